The fourth-order valence-corrected chi connectivity index (χ4v) is 3.37. The molecule has 0 saturated heterocycles. The van der Waals surface area contributed by atoms with Crippen LogP contribution >= 0.6 is 22.7 Å². The van der Waals surface area contributed by atoms with Crippen molar-refractivity contribution in [1.82, 2.24) is 0 Å². The number of hydrogen-bond acceptors (Lipinski definition) is 1. The molecule has 1 nitrogen and oxygen atoms in total. The molecule has 0 fully saturated rings. The monoisotopic (exact) mass is 214 g/mol. The van der Waals surface area contributed by atoms with Gasteiger partial charge in [-0.2, -0.15) is 0 Å². The fraction of sp³-hybridized carbons (Fsp3) is 1.00. The zero-order chi connectivity index (χ0) is 8.74. The summed E-state index contributed by atoms with van der Waals surface area (Å²) in [6.45, 7) is 4.88. The van der Waals surface area contributed by atoms with E-state index in [4.69, 9.17) is 27.1 Å². The summed E-state index contributed by atoms with van der Waals surface area (Å²) < 4.78 is 5.53. The Morgan fingerprint density at radius 3 is 2.55 bits per heavy atom. The van der Waals surface area contributed by atoms with Crippen LogP contribution in [-0.2, 0) is 4.43 Å². The standard InChI is InChI=1S/C7H16Cl2OSi/c1-3-7-11(2,9)10-6-4-5-8/h3-7H2,1-2H3. The van der Waals surface area contributed by atoms with E-state index in [1.807, 2.05) is 6.55 Å². The normalized spacial score (nSPS) is 16.4. The molecule has 0 radical (unpaired) electrons. The molecule has 11 heavy (non-hydrogen) atoms. The molecule has 0 aliphatic rings. The Kier molecular flexibility index (Phi) is 6.73. The van der Waals surface area contributed by atoms with Crippen LogP contribution < -0.4 is 0 Å². The lowest BCUT2D eigenvalue weighted by Gasteiger charge is -2.18. The molecule has 0 aromatic rings. The van der Waals surface area contributed by atoms with E-state index < -0.39 is 7.63 Å². The zero-order valence-electron chi connectivity index (χ0n) is 7.20. The van der Waals surface area contributed by atoms with Crippen molar-refractivity contribution < 1.29 is 4.43 Å². The maximum atomic E-state index is 6.15. The number of halogens is 2. The number of rotatable bonds is 6. The predicted octanol–water partition coefficient (Wildman–Crippen LogP) is 3.35. The molecule has 0 N–H and O–H groups in total. The van der Waals surface area contributed by atoms with E-state index in [1.165, 1.54) is 0 Å². The van der Waals surface area contributed by atoms with Gasteiger partial charge >= 0.3 is 0 Å². The first-order chi connectivity index (χ1) is 5.12. The van der Waals surface area contributed by atoms with E-state index in [0.717, 1.165) is 25.5 Å². The highest BCUT2D eigenvalue weighted by Gasteiger charge is 2.24. The van der Waals surface area contributed by atoms with E-state index in [1.54, 1.807) is 0 Å². The summed E-state index contributed by atoms with van der Waals surface area (Å²) in [5.74, 6) is 0.660. The Labute approximate surface area is 79.9 Å². The van der Waals surface area contributed by atoms with E-state index in [9.17, 15) is 0 Å². The lowest BCUT2D eigenvalue weighted by Crippen LogP contribution is -2.27. The average molecular weight is 215 g/mol. The average Bonchev–Trinajstić information content (AvgIpc) is 1.87. The van der Waals surface area contributed by atoms with Crippen molar-refractivity contribution in [3.63, 3.8) is 0 Å². The van der Waals surface area contributed by atoms with E-state index in [2.05, 4.69) is 6.92 Å². The SMILES string of the molecule is CCC[Si](C)(Cl)OCCCCl. The molecule has 0 rings (SSSR count). The second-order valence-corrected chi connectivity index (χ2v) is 8.51. The Morgan fingerprint density at radius 2 is 2.09 bits per heavy atom. The molecule has 0 aromatic carbocycles. The Morgan fingerprint density at radius 1 is 1.45 bits per heavy atom. The highest BCUT2D eigenvalue weighted by molar-refractivity contribution is 7.16. The summed E-state index contributed by atoms with van der Waals surface area (Å²) in [6, 6.07) is 1.02. The molecule has 0 amide bonds. The third-order valence-corrected chi connectivity index (χ3v) is 4.74. The minimum atomic E-state index is -1.83. The topological polar surface area (TPSA) is 9.23 Å². The van der Waals surface area contributed by atoms with Gasteiger partial charge in [0.2, 0.25) is 0 Å². The maximum absolute atomic E-state index is 6.15. The minimum Gasteiger partial charge on any atom is -0.403 e. The van der Waals surface area contributed by atoms with E-state index in [0.29, 0.717) is 5.88 Å². The largest absolute Gasteiger partial charge is 0.403 e. The van der Waals surface area contributed by atoms with Gasteiger partial charge in [0.25, 0.3) is 7.63 Å². The lowest BCUT2D eigenvalue weighted by atomic mass is 10.5. The number of alkyl halides is 1. The van der Waals surface area contributed by atoms with Crippen molar-refractivity contribution in [2.75, 3.05) is 12.5 Å². The smallest absolute Gasteiger partial charge is 0.286 e. The van der Waals surface area contributed by atoms with Gasteiger partial charge in [-0.3, -0.25) is 0 Å². The number of hydrogen-bond donors (Lipinski definition) is 0. The van der Waals surface area contributed by atoms with E-state index in [-0.39, 0.29) is 0 Å². The van der Waals surface area contributed by atoms with Gasteiger partial charge in [0.1, 0.15) is 0 Å². The quantitative estimate of drug-likeness (QED) is 0.286. The Hall–Kier alpha value is 0.757. The van der Waals surface area contributed by atoms with Crippen molar-refractivity contribution >= 4 is 30.3 Å². The molecule has 0 aliphatic carbocycles. The second-order valence-electron chi connectivity index (χ2n) is 2.74. The first-order valence-electron chi connectivity index (χ1n) is 4.01. The van der Waals surface area contributed by atoms with Crippen molar-refractivity contribution in [2.24, 2.45) is 0 Å². The van der Waals surface area contributed by atoms with Crippen LogP contribution in [0.3, 0.4) is 0 Å². The summed E-state index contributed by atoms with van der Waals surface area (Å²) in [6.07, 6.45) is 2.01. The summed E-state index contributed by atoms with van der Waals surface area (Å²) >= 11 is 11.6. The molecule has 0 bridgehead atoms. The van der Waals surface area contributed by atoms with Crippen LogP contribution in [0.15, 0.2) is 0 Å². The predicted molar refractivity (Wildman–Crippen MR) is 53.9 cm³/mol. The Bertz CT molecular complexity index is 98.4. The van der Waals surface area contributed by atoms with Crippen LogP contribution in [0.4, 0.5) is 0 Å². The van der Waals surface area contributed by atoms with Crippen molar-refractivity contribution in [3.05, 3.63) is 0 Å². The fourth-order valence-electron chi connectivity index (χ4n) is 0.858. The van der Waals surface area contributed by atoms with Gasteiger partial charge in [-0.25, -0.2) is 0 Å². The van der Waals surface area contributed by atoms with Crippen molar-refractivity contribution in [2.45, 2.75) is 32.4 Å². The summed E-state index contributed by atoms with van der Waals surface area (Å²) in [4.78, 5) is 0. The third kappa shape index (κ3) is 7.13. The van der Waals surface area contributed by atoms with Gasteiger partial charge in [-0.1, -0.05) is 13.3 Å². The molecule has 1 atom stereocenters. The second kappa shape index (κ2) is 6.29. The van der Waals surface area contributed by atoms with Gasteiger partial charge in [0.05, 0.1) is 0 Å². The highest BCUT2D eigenvalue weighted by Crippen LogP contribution is 2.18. The Balaban J connectivity index is 3.38. The summed E-state index contributed by atoms with van der Waals surface area (Å²) in [5.41, 5.74) is 0. The molecular formula is C7H16Cl2OSi. The van der Waals surface area contributed by atoms with Crippen LogP contribution in [0.1, 0.15) is 19.8 Å². The van der Waals surface area contributed by atoms with Crippen LogP contribution in [0.2, 0.25) is 12.6 Å². The first-order valence-corrected chi connectivity index (χ1v) is 8.17. The van der Waals surface area contributed by atoms with Crippen molar-refractivity contribution in [1.29, 1.82) is 0 Å². The van der Waals surface area contributed by atoms with E-state index >= 15 is 0 Å². The molecule has 0 aromatic heterocycles. The molecule has 68 valence electrons. The van der Waals surface area contributed by atoms with Crippen LogP contribution in [0, 0.1) is 0 Å². The van der Waals surface area contributed by atoms with Gasteiger partial charge < -0.3 is 4.43 Å². The molecule has 0 saturated carbocycles. The minimum absolute atomic E-state index is 0.660. The highest BCUT2D eigenvalue weighted by atomic mass is 35.6. The van der Waals surface area contributed by atoms with Crippen LogP contribution in [-0.4, -0.2) is 20.1 Å². The maximum Gasteiger partial charge on any atom is 0.286 e. The summed E-state index contributed by atoms with van der Waals surface area (Å²) in [7, 11) is -1.83. The zero-order valence-corrected chi connectivity index (χ0v) is 9.71. The van der Waals surface area contributed by atoms with Gasteiger partial charge in [0.15, 0.2) is 0 Å². The lowest BCUT2D eigenvalue weighted by molar-refractivity contribution is 0.316. The van der Waals surface area contributed by atoms with Crippen LogP contribution in [0.25, 0.3) is 0 Å². The van der Waals surface area contributed by atoms with Gasteiger partial charge in [-0.15, -0.1) is 22.7 Å². The molecule has 0 heterocycles. The van der Waals surface area contributed by atoms with Crippen molar-refractivity contribution in [3.8, 4) is 0 Å². The van der Waals surface area contributed by atoms with Gasteiger partial charge in [0, 0.05) is 12.5 Å². The molecule has 0 spiro atoms. The molecule has 4 heteroatoms. The molecule has 1 unspecified atom stereocenters. The summed E-state index contributed by atoms with van der Waals surface area (Å²) in [5, 5.41) is 0. The first kappa shape index (κ1) is 11.8. The van der Waals surface area contributed by atoms with Gasteiger partial charge in [-0.05, 0) is 19.0 Å². The van der Waals surface area contributed by atoms with Crippen LogP contribution in [0.5, 0.6) is 0 Å². The molecular weight excluding hydrogens is 199 g/mol. The third-order valence-electron chi connectivity index (χ3n) is 1.38. The molecule has 0 aliphatic heterocycles.